The van der Waals surface area contributed by atoms with Crippen molar-refractivity contribution in [2.24, 2.45) is 5.10 Å². The van der Waals surface area contributed by atoms with Crippen molar-refractivity contribution in [1.82, 2.24) is 10.4 Å². The Kier molecular flexibility index (Phi) is 5.20. The van der Waals surface area contributed by atoms with Gasteiger partial charge in [0.2, 0.25) is 0 Å². The Morgan fingerprint density at radius 1 is 1.27 bits per heavy atom. The molecule has 3 rings (SSSR count). The van der Waals surface area contributed by atoms with Crippen LogP contribution < -0.4 is 5.43 Å². The van der Waals surface area contributed by atoms with Crippen LogP contribution in [0.4, 0.5) is 0 Å². The van der Waals surface area contributed by atoms with Gasteiger partial charge in [-0.15, -0.1) is 11.3 Å². The topological polar surface area (TPSA) is 94.8 Å². The molecule has 132 valence electrons. The van der Waals surface area contributed by atoms with E-state index in [9.17, 15) is 15.0 Å². The van der Waals surface area contributed by atoms with E-state index in [4.69, 9.17) is 11.6 Å². The number of benzene rings is 2. The molecule has 8 heteroatoms. The quantitative estimate of drug-likeness (QED) is 0.359. The Morgan fingerprint density at radius 2 is 2.00 bits per heavy atom. The van der Waals surface area contributed by atoms with Gasteiger partial charge in [-0.3, -0.25) is 4.79 Å². The molecular formula is C18H14ClN3O3S. The van der Waals surface area contributed by atoms with Crippen molar-refractivity contribution in [2.45, 2.75) is 6.92 Å². The summed E-state index contributed by atoms with van der Waals surface area (Å²) in [6, 6.07) is 12.3. The zero-order chi connectivity index (χ0) is 18.7. The smallest absolute Gasteiger partial charge is 0.283 e. The predicted octanol–water partition coefficient (Wildman–Crippen LogP) is 3.95. The van der Waals surface area contributed by atoms with Crippen molar-refractivity contribution in [3.05, 3.63) is 63.6 Å². The van der Waals surface area contributed by atoms with Crippen molar-refractivity contribution >= 4 is 35.1 Å². The molecule has 1 heterocycles. The SMILES string of the molecule is Cc1nc(-c2ccccc2)sc1C(=O)N/N=C/c1cc(O)c(O)c(Cl)c1. The third-order valence-corrected chi connectivity index (χ3v) is 4.96. The maximum absolute atomic E-state index is 12.3. The number of hydrogen-bond donors (Lipinski definition) is 3. The molecule has 0 aliphatic heterocycles. The standard InChI is InChI=1S/C18H14ClN3O3S/c1-10-16(26-18(21-10)12-5-3-2-4-6-12)17(25)22-20-9-11-7-13(19)15(24)14(23)8-11/h2-9,23-24H,1H3,(H,22,25)/b20-9+. The Bertz CT molecular complexity index is 964. The number of nitrogens with zero attached hydrogens (tertiary/aromatic N) is 2. The Balaban J connectivity index is 1.74. The minimum Gasteiger partial charge on any atom is -0.504 e. The highest BCUT2D eigenvalue weighted by Gasteiger charge is 2.15. The molecule has 0 atom stereocenters. The molecule has 1 aromatic heterocycles. The average Bonchev–Trinajstić information content (AvgIpc) is 3.02. The van der Waals surface area contributed by atoms with E-state index in [1.165, 1.54) is 29.7 Å². The maximum Gasteiger partial charge on any atom is 0.283 e. The first-order chi connectivity index (χ1) is 12.5. The van der Waals surface area contributed by atoms with Crippen LogP contribution in [0.2, 0.25) is 5.02 Å². The number of amides is 1. The largest absolute Gasteiger partial charge is 0.504 e. The predicted molar refractivity (Wildman–Crippen MR) is 102 cm³/mol. The zero-order valence-electron chi connectivity index (χ0n) is 13.6. The van der Waals surface area contributed by atoms with Crippen molar-refractivity contribution in [3.63, 3.8) is 0 Å². The molecule has 0 aliphatic carbocycles. The second-order valence-electron chi connectivity index (χ2n) is 5.37. The van der Waals surface area contributed by atoms with E-state index in [2.05, 4.69) is 15.5 Å². The third-order valence-electron chi connectivity index (χ3n) is 3.47. The molecule has 0 radical (unpaired) electrons. The number of thiazole rings is 1. The van der Waals surface area contributed by atoms with Crippen LogP contribution in [-0.2, 0) is 0 Å². The molecule has 0 saturated heterocycles. The van der Waals surface area contributed by atoms with Crippen molar-refractivity contribution in [1.29, 1.82) is 0 Å². The van der Waals surface area contributed by atoms with Crippen LogP contribution >= 0.6 is 22.9 Å². The molecule has 1 amide bonds. The van der Waals surface area contributed by atoms with Crippen LogP contribution in [-0.4, -0.2) is 27.3 Å². The summed E-state index contributed by atoms with van der Waals surface area (Å²) in [6.45, 7) is 1.76. The van der Waals surface area contributed by atoms with E-state index in [0.29, 0.717) is 16.1 Å². The average molecular weight is 388 g/mol. The van der Waals surface area contributed by atoms with E-state index in [0.717, 1.165) is 10.6 Å². The molecule has 0 fully saturated rings. The number of carbonyl (C=O) groups excluding carboxylic acids is 1. The molecule has 6 nitrogen and oxygen atoms in total. The van der Waals surface area contributed by atoms with Crippen LogP contribution in [0.25, 0.3) is 10.6 Å². The summed E-state index contributed by atoms with van der Waals surface area (Å²) in [7, 11) is 0. The van der Waals surface area contributed by atoms with Crippen LogP contribution in [0.5, 0.6) is 11.5 Å². The fraction of sp³-hybridized carbons (Fsp3) is 0.0556. The maximum atomic E-state index is 12.3. The summed E-state index contributed by atoms with van der Waals surface area (Å²) >= 11 is 7.06. The number of phenols is 2. The summed E-state index contributed by atoms with van der Waals surface area (Å²) < 4.78 is 0. The summed E-state index contributed by atoms with van der Waals surface area (Å²) in [4.78, 5) is 17.2. The highest BCUT2D eigenvalue weighted by Crippen LogP contribution is 2.33. The summed E-state index contributed by atoms with van der Waals surface area (Å²) in [5.74, 6) is -1.15. The second kappa shape index (κ2) is 7.55. The van der Waals surface area contributed by atoms with Gasteiger partial charge in [0.05, 0.1) is 16.9 Å². The fourth-order valence-electron chi connectivity index (χ4n) is 2.21. The molecule has 2 aromatic carbocycles. The molecule has 3 N–H and O–H groups in total. The third kappa shape index (κ3) is 3.84. The van der Waals surface area contributed by atoms with E-state index >= 15 is 0 Å². The molecule has 0 spiro atoms. The number of halogens is 1. The second-order valence-corrected chi connectivity index (χ2v) is 6.78. The number of hydrogen-bond acceptors (Lipinski definition) is 6. The summed E-state index contributed by atoms with van der Waals surface area (Å²) in [5, 5.41) is 23.5. The molecular weight excluding hydrogens is 374 g/mol. The van der Waals surface area contributed by atoms with Gasteiger partial charge < -0.3 is 10.2 Å². The molecule has 0 aliphatic rings. The van der Waals surface area contributed by atoms with Gasteiger partial charge in [0.25, 0.3) is 5.91 Å². The Hall–Kier alpha value is -2.90. The van der Waals surface area contributed by atoms with E-state index in [1.807, 2.05) is 30.3 Å². The number of phenolic OH excluding ortho intramolecular Hbond substituents is 2. The first-order valence-corrected chi connectivity index (χ1v) is 8.73. The molecule has 0 unspecified atom stereocenters. The number of nitrogens with one attached hydrogen (secondary N) is 1. The lowest BCUT2D eigenvalue weighted by Gasteiger charge is -2.02. The zero-order valence-corrected chi connectivity index (χ0v) is 15.2. The first kappa shape index (κ1) is 17.9. The van der Waals surface area contributed by atoms with Gasteiger partial charge in [-0.05, 0) is 24.6 Å². The lowest BCUT2D eigenvalue weighted by Crippen LogP contribution is -2.17. The number of aryl methyl sites for hydroxylation is 1. The van der Waals surface area contributed by atoms with Gasteiger partial charge >= 0.3 is 0 Å². The highest BCUT2D eigenvalue weighted by molar-refractivity contribution is 7.17. The van der Waals surface area contributed by atoms with Crippen LogP contribution in [0, 0.1) is 6.92 Å². The van der Waals surface area contributed by atoms with Gasteiger partial charge in [0.15, 0.2) is 11.5 Å². The van der Waals surface area contributed by atoms with Crippen molar-refractivity contribution in [2.75, 3.05) is 0 Å². The normalized spacial score (nSPS) is 11.0. The first-order valence-electron chi connectivity index (χ1n) is 7.53. The van der Waals surface area contributed by atoms with Gasteiger partial charge in [0.1, 0.15) is 9.88 Å². The van der Waals surface area contributed by atoms with Gasteiger partial charge in [-0.2, -0.15) is 5.10 Å². The Labute approximate surface area is 158 Å². The summed E-state index contributed by atoms with van der Waals surface area (Å²) in [6.07, 6.45) is 1.32. The van der Waals surface area contributed by atoms with Crippen molar-refractivity contribution in [3.8, 4) is 22.1 Å². The van der Waals surface area contributed by atoms with Gasteiger partial charge in [-0.25, -0.2) is 10.4 Å². The van der Waals surface area contributed by atoms with Crippen LogP contribution in [0.3, 0.4) is 0 Å². The van der Waals surface area contributed by atoms with E-state index < -0.39 is 5.75 Å². The molecule has 0 bridgehead atoms. The lowest BCUT2D eigenvalue weighted by atomic mass is 10.2. The van der Waals surface area contributed by atoms with E-state index in [1.54, 1.807) is 6.92 Å². The lowest BCUT2D eigenvalue weighted by molar-refractivity contribution is 0.0958. The molecule has 26 heavy (non-hydrogen) atoms. The monoisotopic (exact) mass is 387 g/mol. The highest BCUT2D eigenvalue weighted by atomic mass is 35.5. The van der Waals surface area contributed by atoms with Crippen LogP contribution in [0.1, 0.15) is 20.9 Å². The number of aromatic hydroxyl groups is 2. The number of carbonyl (C=O) groups is 1. The minimum absolute atomic E-state index is 0.0106. The molecule has 3 aromatic rings. The minimum atomic E-state index is -0.401. The molecule has 0 saturated carbocycles. The van der Waals surface area contributed by atoms with Gasteiger partial charge in [-0.1, -0.05) is 41.9 Å². The van der Waals surface area contributed by atoms with Crippen LogP contribution in [0.15, 0.2) is 47.6 Å². The fourth-order valence-corrected chi connectivity index (χ4v) is 3.39. The Morgan fingerprint density at radius 3 is 2.69 bits per heavy atom. The summed E-state index contributed by atoms with van der Waals surface area (Å²) in [5.41, 5.74) is 4.41. The number of hydrazone groups is 1. The van der Waals surface area contributed by atoms with Crippen molar-refractivity contribution < 1.29 is 15.0 Å². The number of aromatic nitrogens is 1. The number of rotatable bonds is 4. The van der Waals surface area contributed by atoms with Gasteiger partial charge in [0, 0.05) is 5.56 Å². The van der Waals surface area contributed by atoms with E-state index in [-0.39, 0.29) is 16.7 Å².